The van der Waals surface area contributed by atoms with Gasteiger partial charge in [0, 0.05) is 16.3 Å². The molecule has 0 spiro atoms. The van der Waals surface area contributed by atoms with Crippen molar-refractivity contribution in [3.63, 3.8) is 0 Å². The minimum absolute atomic E-state index is 0.312. The molecule has 3 N–H and O–H groups in total. The SMILES string of the molecule is CC(NC(=O)OC(C)(C)C)c1c(N)cccc1Cl. The van der Waals surface area contributed by atoms with Gasteiger partial charge in [0.25, 0.3) is 0 Å². The number of anilines is 1. The van der Waals surface area contributed by atoms with Crippen molar-refractivity contribution in [1.29, 1.82) is 0 Å². The van der Waals surface area contributed by atoms with Gasteiger partial charge in [-0.15, -0.1) is 0 Å². The van der Waals surface area contributed by atoms with Crippen LogP contribution in [0, 0.1) is 0 Å². The summed E-state index contributed by atoms with van der Waals surface area (Å²) in [6.07, 6.45) is -0.491. The van der Waals surface area contributed by atoms with Gasteiger partial charge in [0.05, 0.1) is 6.04 Å². The molecule has 0 saturated heterocycles. The van der Waals surface area contributed by atoms with Gasteiger partial charge in [-0.25, -0.2) is 4.79 Å². The molecule has 0 aliphatic heterocycles. The van der Waals surface area contributed by atoms with E-state index < -0.39 is 11.7 Å². The third-order valence-corrected chi connectivity index (χ3v) is 2.58. The van der Waals surface area contributed by atoms with Crippen LogP contribution in [0.15, 0.2) is 18.2 Å². The number of amides is 1. The summed E-state index contributed by atoms with van der Waals surface area (Å²) < 4.78 is 5.18. The lowest BCUT2D eigenvalue weighted by molar-refractivity contribution is 0.0508. The van der Waals surface area contributed by atoms with Crippen molar-refractivity contribution in [1.82, 2.24) is 5.32 Å². The van der Waals surface area contributed by atoms with E-state index in [-0.39, 0.29) is 6.04 Å². The third kappa shape index (κ3) is 4.11. The number of nitrogens with one attached hydrogen (secondary N) is 1. The highest BCUT2D eigenvalue weighted by atomic mass is 35.5. The first kappa shape index (κ1) is 14.6. The highest BCUT2D eigenvalue weighted by Crippen LogP contribution is 2.28. The molecular weight excluding hydrogens is 252 g/mol. The molecule has 1 rings (SSSR count). The topological polar surface area (TPSA) is 64.3 Å². The summed E-state index contributed by atoms with van der Waals surface area (Å²) in [5.74, 6) is 0. The van der Waals surface area contributed by atoms with Crippen LogP contribution in [0.25, 0.3) is 0 Å². The second kappa shape index (κ2) is 5.48. The molecule has 1 aromatic carbocycles. The van der Waals surface area contributed by atoms with Gasteiger partial charge in [-0.05, 0) is 39.8 Å². The lowest BCUT2D eigenvalue weighted by Crippen LogP contribution is -2.34. The quantitative estimate of drug-likeness (QED) is 0.809. The van der Waals surface area contributed by atoms with Gasteiger partial charge >= 0.3 is 6.09 Å². The Bertz CT molecular complexity index is 421. The average molecular weight is 271 g/mol. The van der Waals surface area contributed by atoms with Gasteiger partial charge in [0.15, 0.2) is 0 Å². The van der Waals surface area contributed by atoms with Gasteiger partial charge < -0.3 is 15.8 Å². The number of benzene rings is 1. The van der Waals surface area contributed by atoms with Crippen LogP contribution >= 0.6 is 11.6 Å². The number of alkyl carbamates (subject to hydrolysis) is 1. The second-order valence-electron chi connectivity index (χ2n) is 5.11. The molecule has 5 heteroatoms. The molecule has 0 radical (unpaired) electrons. The van der Waals surface area contributed by atoms with Crippen LogP contribution < -0.4 is 11.1 Å². The lowest BCUT2D eigenvalue weighted by Gasteiger charge is -2.23. The summed E-state index contributed by atoms with van der Waals surface area (Å²) in [5.41, 5.74) is 6.56. The number of nitrogen functional groups attached to an aromatic ring is 1. The molecular formula is C13H19ClN2O2. The zero-order valence-corrected chi connectivity index (χ0v) is 11.8. The molecule has 0 heterocycles. The molecule has 1 amide bonds. The summed E-state index contributed by atoms with van der Waals surface area (Å²) in [6, 6.07) is 4.93. The van der Waals surface area contributed by atoms with Crippen LogP contribution in [0.5, 0.6) is 0 Å². The highest BCUT2D eigenvalue weighted by Gasteiger charge is 2.20. The summed E-state index contributed by atoms with van der Waals surface area (Å²) in [4.78, 5) is 11.6. The third-order valence-electron chi connectivity index (χ3n) is 2.25. The fourth-order valence-corrected chi connectivity index (χ4v) is 1.91. The normalized spacial score (nSPS) is 12.9. The van der Waals surface area contributed by atoms with Crippen LogP contribution in [0.4, 0.5) is 10.5 Å². The summed E-state index contributed by atoms with van der Waals surface area (Å²) in [7, 11) is 0. The molecule has 0 aliphatic carbocycles. The minimum atomic E-state index is -0.532. The smallest absolute Gasteiger partial charge is 0.408 e. The van der Waals surface area contributed by atoms with Gasteiger partial charge in [0.2, 0.25) is 0 Å². The van der Waals surface area contributed by atoms with Crippen LogP contribution in [0.1, 0.15) is 39.3 Å². The number of hydrogen-bond acceptors (Lipinski definition) is 3. The van der Waals surface area contributed by atoms with Crippen LogP contribution in [0.3, 0.4) is 0 Å². The van der Waals surface area contributed by atoms with Crippen molar-refractivity contribution < 1.29 is 9.53 Å². The summed E-state index contributed by atoms with van der Waals surface area (Å²) in [5, 5.41) is 3.24. The van der Waals surface area contributed by atoms with E-state index in [0.717, 1.165) is 0 Å². The van der Waals surface area contributed by atoms with Gasteiger partial charge in [-0.2, -0.15) is 0 Å². The molecule has 0 aromatic heterocycles. The minimum Gasteiger partial charge on any atom is -0.444 e. The molecule has 1 atom stereocenters. The Morgan fingerprint density at radius 1 is 1.44 bits per heavy atom. The van der Waals surface area contributed by atoms with E-state index >= 15 is 0 Å². The standard InChI is InChI=1S/C13H19ClN2O2/c1-8(16-12(17)18-13(2,3)4)11-9(14)6-5-7-10(11)15/h5-8H,15H2,1-4H3,(H,16,17). The zero-order valence-electron chi connectivity index (χ0n) is 11.1. The molecule has 1 aromatic rings. The molecule has 0 saturated carbocycles. The summed E-state index contributed by atoms with van der Waals surface area (Å²) in [6.45, 7) is 7.23. The Morgan fingerprint density at radius 2 is 2.06 bits per heavy atom. The number of carbonyl (C=O) groups is 1. The summed E-state index contributed by atoms with van der Waals surface area (Å²) >= 11 is 6.07. The monoisotopic (exact) mass is 270 g/mol. The maximum absolute atomic E-state index is 11.6. The van der Waals surface area contributed by atoms with E-state index in [1.807, 2.05) is 6.92 Å². The van der Waals surface area contributed by atoms with E-state index in [1.165, 1.54) is 0 Å². The number of rotatable bonds is 2. The Hall–Kier alpha value is -1.42. The van der Waals surface area contributed by atoms with Gasteiger partial charge in [-0.1, -0.05) is 17.7 Å². The van der Waals surface area contributed by atoms with Crippen molar-refractivity contribution in [2.75, 3.05) is 5.73 Å². The van der Waals surface area contributed by atoms with Crippen LogP contribution in [-0.2, 0) is 4.74 Å². The average Bonchev–Trinajstić information content (AvgIpc) is 2.13. The number of hydrogen-bond donors (Lipinski definition) is 2. The van der Waals surface area contributed by atoms with Crippen LogP contribution in [-0.4, -0.2) is 11.7 Å². The molecule has 18 heavy (non-hydrogen) atoms. The molecule has 100 valence electrons. The predicted molar refractivity (Wildman–Crippen MR) is 73.6 cm³/mol. The van der Waals surface area contributed by atoms with E-state index in [1.54, 1.807) is 39.0 Å². The fourth-order valence-electron chi connectivity index (χ4n) is 1.57. The second-order valence-corrected chi connectivity index (χ2v) is 5.52. The Balaban J connectivity index is 2.77. The van der Waals surface area contributed by atoms with Gasteiger partial charge in [0.1, 0.15) is 5.60 Å². The number of halogens is 1. The molecule has 4 nitrogen and oxygen atoms in total. The van der Waals surface area contributed by atoms with E-state index in [9.17, 15) is 4.79 Å². The maximum atomic E-state index is 11.6. The van der Waals surface area contributed by atoms with Crippen molar-refractivity contribution in [2.24, 2.45) is 0 Å². The van der Waals surface area contributed by atoms with E-state index in [2.05, 4.69) is 5.32 Å². The molecule has 0 fully saturated rings. The Kier molecular flexibility index (Phi) is 4.46. The zero-order chi connectivity index (χ0) is 13.9. The Labute approximate surface area is 112 Å². The largest absolute Gasteiger partial charge is 0.444 e. The highest BCUT2D eigenvalue weighted by molar-refractivity contribution is 6.31. The number of ether oxygens (including phenoxy) is 1. The molecule has 0 aliphatic rings. The van der Waals surface area contributed by atoms with Crippen molar-refractivity contribution >= 4 is 23.4 Å². The van der Waals surface area contributed by atoms with Crippen molar-refractivity contribution in [3.8, 4) is 0 Å². The lowest BCUT2D eigenvalue weighted by atomic mass is 10.1. The first-order valence-corrected chi connectivity index (χ1v) is 6.12. The first-order valence-electron chi connectivity index (χ1n) is 5.74. The molecule has 1 unspecified atom stereocenters. The number of carbonyl (C=O) groups excluding carboxylic acids is 1. The van der Waals surface area contributed by atoms with E-state index in [4.69, 9.17) is 22.1 Å². The fraction of sp³-hybridized carbons (Fsp3) is 0.462. The van der Waals surface area contributed by atoms with E-state index in [0.29, 0.717) is 16.3 Å². The number of nitrogens with two attached hydrogens (primary N) is 1. The maximum Gasteiger partial charge on any atom is 0.408 e. The molecule has 0 bridgehead atoms. The van der Waals surface area contributed by atoms with Gasteiger partial charge in [-0.3, -0.25) is 0 Å². The van der Waals surface area contributed by atoms with Crippen LogP contribution in [0.2, 0.25) is 5.02 Å². The first-order chi connectivity index (χ1) is 8.20. The van der Waals surface area contributed by atoms with Crippen molar-refractivity contribution in [3.05, 3.63) is 28.8 Å². The Morgan fingerprint density at radius 3 is 2.56 bits per heavy atom. The predicted octanol–water partition coefficient (Wildman–Crippen LogP) is 3.51. The van der Waals surface area contributed by atoms with Crippen molar-refractivity contribution in [2.45, 2.75) is 39.3 Å².